The molecular weight excluding hydrogens is 392 g/mol. The van der Waals surface area contributed by atoms with E-state index >= 15 is 0 Å². The molecule has 7 heteroatoms. The number of hydrogen-bond acceptors (Lipinski definition) is 4. The van der Waals surface area contributed by atoms with Crippen LogP contribution in [-0.2, 0) is 16.1 Å². The summed E-state index contributed by atoms with van der Waals surface area (Å²) in [6.07, 6.45) is 0. The minimum atomic E-state index is -0.696. The summed E-state index contributed by atoms with van der Waals surface area (Å²) >= 11 is 6.09. The van der Waals surface area contributed by atoms with Crippen molar-refractivity contribution in [2.45, 2.75) is 26.4 Å². The summed E-state index contributed by atoms with van der Waals surface area (Å²) in [4.78, 5) is 38.6. The molecule has 0 aromatic heterocycles. The lowest BCUT2D eigenvalue weighted by Crippen LogP contribution is -2.50. The summed E-state index contributed by atoms with van der Waals surface area (Å²) in [6.45, 7) is 4.08. The third-order valence-electron chi connectivity index (χ3n) is 4.51. The van der Waals surface area contributed by atoms with Crippen molar-refractivity contribution in [1.29, 1.82) is 0 Å². The molecule has 1 N–H and O–H groups in total. The van der Waals surface area contributed by atoms with Crippen LogP contribution in [0.3, 0.4) is 0 Å². The van der Waals surface area contributed by atoms with Crippen LogP contribution >= 0.6 is 11.6 Å². The Labute approximate surface area is 175 Å². The minimum absolute atomic E-state index is 0.113. The van der Waals surface area contributed by atoms with Gasteiger partial charge in [-0.05, 0) is 35.7 Å². The Kier molecular flexibility index (Phi) is 7.79. The van der Waals surface area contributed by atoms with Crippen molar-refractivity contribution < 1.29 is 19.1 Å². The van der Waals surface area contributed by atoms with Crippen molar-refractivity contribution in [2.24, 2.45) is 5.92 Å². The van der Waals surface area contributed by atoms with Gasteiger partial charge in [0.05, 0.1) is 23.3 Å². The highest BCUT2D eigenvalue weighted by Crippen LogP contribution is 2.16. The van der Waals surface area contributed by atoms with Gasteiger partial charge in [-0.25, -0.2) is 4.79 Å². The molecular formula is C22H25ClN2O4. The molecule has 154 valence electrons. The number of ether oxygens (including phenoxy) is 1. The van der Waals surface area contributed by atoms with Gasteiger partial charge in [0.1, 0.15) is 6.04 Å². The number of hydrogen-bond donors (Lipinski definition) is 1. The van der Waals surface area contributed by atoms with Crippen molar-refractivity contribution in [2.75, 3.05) is 14.2 Å². The molecule has 2 rings (SSSR count). The molecule has 0 fully saturated rings. The number of nitrogens with zero attached hydrogens (tertiary/aromatic N) is 1. The van der Waals surface area contributed by atoms with E-state index < -0.39 is 17.9 Å². The van der Waals surface area contributed by atoms with E-state index in [1.165, 1.54) is 7.11 Å². The van der Waals surface area contributed by atoms with Crippen LogP contribution in [0.15, 0.2) is 48.5 Å². The van der Waals surface area contributed by atoms with Crippen LogP contribution in [0.25, 0.3) is 0 Å². The average Bonchev–Trinajstić information content (AvgIpc) is 2.71. The number of rotatable bonds is 7. The second-order valence-corrected chi connectivity index (χ2v) is 7.47. The number of amides is 2. The maximum Gasteiger partial charge on any atom is 0.337 e. The third kappa shape index (κ3) is 5.81. The second-order valence-electron chi connectivity index (χ2n) is 7.06. The van der Waals surface area contributed by atoms with Gasteiger partial charge in [0.2, 0.25) is 5.91 Å². The highest BCUT2D eigenvalue weighted by Gasteiger charge is 2.28. The summed E-state index contributed by atoms with van der Waals surface area (Å²) in [5.74, 6) is -1.13. The number of esters is 1. The molecule has 1 unspecified atom stereocenters. The lowest BCUT2D eigenvalue weighted by Gasteiger charge is -2.27. The van der Waals surface area contributed by atoms with Crippen molar-refractivity contribution in [3.8, 4) is 0 Å². The molecule has 0 aliphatic heterocycles. The number of likely N-dealkylation sites (N-methyl/N-ethyl adjacent to an activating group) is 1. The number of halogens is 1. The van der Waals surface area contributed by atoms with Crippen molar-refractivity contribution in [3.63, 3.8) is 0 Å². The molecule has 0 heterocycles. The quantitative estimate of drug-likeness (QED) is 0.700. The van der Waals surface area contributed by atoms with E-state index in [0.717, 1.165) is 5.56 Å². The van der Waals surface area contributed by atoms with Crippen LogP contribution in [0.5, 0.6) is 0 Å². The first-order valence-electron chi connectivity index (χ1n) is 9.22. The molecule has 0 spiro atoms. The van der Waals surface area contributed by atoms with Gasteiger partial charge in [-0.1, -0.05) is 49.7 Å². The summed E-state index contributed by atoms with van der Waals surface area (Å²) in [5.41, 5.74) is 1.62. The van der Waals surface area contributed by atoms with Gasteiger partial charge in [-0.15, -0.1) is 0 Å². The van der Waals surface area contributed by atoms with E-state index in [1.807, 2.05) is 13.8 Å². The Hall–Kier alpha value is -2.86. The van der Waals surface area contributed by atoms with E-state index in [2.05, 4.69) is 10.1 Å². The third-order valence-corrected chi connectivity index (χ3v) is 4.84. The Morgan fingerprint density at radius 1 is 1.07 bits per heavy atom. The minimum Gasteiger partial charge on any atom is -0.465 e. The van der Waals surface area contributed by atoms with Crippen molar-refractivity contribution in [3.05, 3.63) is 70.2 Å². The first-order chi connectivity index (χ1) is 13.7. The summed E-state index contributed by atoms with van der Waals surface area (Å²) in [5, 5.41) is 3.13. The molecule has 6 nitrogen and oxygen atoms in total. The summed E-state index contributed by atoms with van der Waals surface area (Å²) in [6, 6.07) is 12.8. The fourth-order valence-electron chi connectivity index (χ4n) is 2.83. The van der Waals surface area contributed by atoms with Crippen LogP contribution in [0.1, 0.15) is 40.1 Å². The van der Waals surface area contributed by atoms with Gasteiger partial charge >= 0.3 is 5.97 Å². The molecule has 2 aromatic carbocycles. The lowest BCUT2D eigenvalue weighted by atomic mass is 10.0. The standard InChI is InChI=1S/C22H25ClN2O4/c1-14(2)19(24-20(26)17-7-5-6-8-18(17)23)21(27)25(3)13-15-9-11-16(12-10-15)22(28)29-4/h5-12,14,19H,13H2,1-4H3,(H,24,26). The van der Waals surface area contributed by atoms with Crippen molar-refractivity contribution in [1.82, 2.24) is 10.2 Å². The Morgan fingerprint density at radius 2 is 1.69 bits per heavy atom. The molecule has 2 aromatic rings. The monoisotopic (exact) mass is 416 g/mol. The zero-order valence-electron chi connectivity index (χ0n) is 16.9. The fourth-order valence-corrected chi connectivity index (χ4v) is 3.05. The Balaban J connectivity index is 2.08. The smallest absolute Gasteiger partial charge is 0.337 e. The molecule has 0 aliphatic carbocycles. The van der Waals surface area contributed by atoms with E-state index in [4.69, 9.17) is 11.6 Å². The normalized spacial score (nSPS) is 11.7. The summed E-state index contributed by atoms with van der Waals surface area (Å²) in [7, 11) is 3.00. The van der Waals surface area contributed by atoms with Crippen LogP contribution in [0.2, 0.25) is 5.02 Å². The first kappa shape index (κ1) is 22.4. The number of carbonyl (C=O) groups excluding carboxylic acids is 3. The van der Waals surface area contributed by atoms with E-state index in [0.29, 0.717) is 22.7 Å². The van der Waals surface area contributed by atoms with E-state index in [9.17, 15) is 14.4 Å². The number of methoxy groups -OCH3 is 1. The van der Waals surface area contributed by atoms with E-state index in [1.54, 1.807) is 60.5 Å². The highest BCUT2D eigenvalue weighted by atomic mass is 35.5. The zero-order valence-corrected chi connectivity index (χ0v) is 17.7. The lowest BCUT2D eigenvalue weighted by molar-refractivity contribution is -0.133. The molecule has 0 bridgehead atoms. The average molecular weight is 417 g/mol. The second kappa shape index (κ2) is 10.1. The van der Waals surface area contributed by atoms with Gasteiger partial charge in [0, 0.05) is 13.6 Å². The first-order valence-corrected chi connectivity index (χ1v) is 9.60. The molecule has 0 saturated carbocycles. The molecule has 29 heavy (non-hydrogen) atoms. The molecule has 0 radical (unpaired) electrons. The van der Waals surface area contributed by atoms with Crippen LogP contribution in [0, 0.1) is 5.92 Å². The van der Waals surface area contributed by atoms with Gasteiger partial charge in [-0.3, -0.25) is 9.59 Å². The van der Waals surface area contributed by atoms with Crippen LogP contribution < -0.4 is 5.32 Å². The predicted octanol–water partition coefficient (Wildman–Crippen LogP) is 3.54. The van der Waals surface area contributed by atoms with E-state index in [-0.39, 0.29) is 11.8 Å². The topological polar surface area (TPSA) is 75.7 Å². The maximum absolute atomic E-state index is 13.0. The van der Waals surface area contributed by atoms with Crippen LogP contribution in [-0.4, -0.2) is 42.9 Å². The molecule has 0 saturated heterocycles. The number of nitrogens with one attached hydrogen (secondary N) is 1. The van der Waals surface area contributed by atoms with Gasteiger partial charge in [0.15, 0.2) is 0 Å². The van der Waals surface area contributed by atoms with Crippen molar-refractivity contribution >= 4 is 29.4 Å². The Bertz CT molecular complexity index is 881. The highest BCUT2D eigenvalue weighted by molar-refractivity contribution is 6.33. The van der Waals surface area contributed by atoms with Gasteiger partial charge in [-0.2, -0.15) is 0 Å². The largest absolute Gasteiger partial charge is 0.465 e. The maximum atomic E-state index is 13.0. The van der Waals surface area contributed by atoms with Gasteiger partial charge < -0.3 is 15.0 Å². The summed E-state index contributed by atoms with van der Waals surface area (Å²) < 4.78 is 4.68. The SMILES string of the molecule is COC(=O)c1ccc(CN(C)C(=O)C(NC(=O)c2ccccc2Cl)C(C)C)cc1. The predicted molar refractivity (Wildman–Crippen MR) is 112 cm³/mol. The number of carbonyl (C=O) groups is 3. The molecule has 2 amide bonds. The fraction of sp³-hybridized carbons (Fsp3) is 0.318. The molecule has 0 aliphatic rings. The zero-order chi connectivity index (χ0) is 21.6. The van der Waals surface area contributed by atoms with Crippen LogP contribution in [0.4, 0.5) is 0 Å². The van der Waals surface area contributed by atoms with Gasteiger partial charge in [0.25, 0.3) is 5.91 Å². The number of benzene rings is 2. The Morgan fingerprint density at radius 3 is 2.24 bits per heavy atom. The molecule has 1 atom stereocenters.